The molecule has 2 aliphatic rings. The van der Waals surface area contributed by atoms with Gasteiger partial charge in [0.05, 0.1) is 25.3 Å². The molecule has 0 saturated carbocycles. The Morgan fingerprint density at radius 3 is 3.08 bits per heavy atom. The predicted molar refractivity (Wildman–Crippen MR) is 95.6 cm³/mol. The van der Waals surface area contributed by atoms with Gasteiger partial charge in [-0.25, -0.2) is 4.98 Å². The van der Waals surface area contributed by atoms with Gasteiger partial charge in [-0.05, 0) is 42.9 Å². The smallest absolute Gasteiger partial charge is 0.227 e. The van der Waals surface area contributed by atoms with Crippen molar-refractivity contribution in [3.63, 3.8) is 0 Å². The molecule has 0 N–H and O–H groups in total. The largest absolute Gasteiger partial charge is 0.493 e. The predicted octanol–water partition coefficient (Wildman–Crippen LogP) is 2.75. The number of hydrogen-bond donors (Lipinski definition) is 0. The van der Waals surface area contributed by atoms with Gasteiger partial charge in [-0.3, -0.25) is 4.79 Å². The molecule has 5 nitrogen and oxygen atoms in total. The van der Waals surface area contributed by atoms with Gasteiger partial charge in [-0.15, -0.1) is 0 Å². The van der Waals surface area contributed by atoms with E-state index in [1.54, 1.807) is 4.90 Å². The molecule has 0 spiro atoms. The zero-order valence-corrected chi connectivity index (χ0v) is 14.8. The molecule has 4 rings (SSSR count). The fourth-order valence-corrected chi connectivity index (χ4v) is 3.71. The van der Waals surface area contributed by atoms with Crippen molar-refractivity contribution in [2.24, 2.45) is 0 Å². The number of amides is 1. The Bertz CT molecular complexity index is 758. The van der Waals surface area contributed by atoms with Crippen molar-refractivity contribution >= 4 is 5.91 Å². The summed E-state index contributed by atoms with van der Waals surface area (Å²) in [7, 11) is 1.86. The molecule has 0 fully saturated rings. The standard InChI is InChI=1S/C20H25N3O2/c1-22(13-17-14-23-9-3-2-6-19(23)21-17)20(24)12-15-7-8-18-16(11-15)5-4-10-25-18/h7-8,11,14H,2-6,9-10,12-13H2,1H3. The Hall–Kier alpha value is -2.30. The lowest BCUT2D eigenvalue weighted by molar-refractivity contribution is -0.129. The number of carbonyl (C=O) groups is 1. The van der Waals surface area contributed by atoms with E-state index in [1.165, 1.54) is 18.4 Å². The van der Waals surface area contributed by atoms with Gasteiger partial charge >= 0.3 is 0 Å². The van der Waals surface area contributed by atoms with E-state index in [0.717, 1.165) is 55.2 Å². The minimum atomic E-state index is 0.127. The van der Waals surface area contributed by atoms with Crippen LogP contribution in [-0.2, 0) is 37.1 Å². The van der Waals surface area contributed by atoms with Crippen LogP contribution in [0.15, 0.2) is 24.4 Å². The molecule has 0 atom stereocenters. The fourth-order valence-electron chi connectivity index (χ4n) is 3.71. The first-order valence-electron chi connectivity index (χ1n) is 9.22. The zero-order chi connectivity index (χ0) is 17.2. The van der Waals surface area contributed by atoms with Crippen molar-refractivity contribution in [1.82, 2.24) is 14.5 Å². The second-order valence-electron chi connectivity index (χ2n) is 7.12. The summed E-state index contributed by atoms with van der Waals surface area (Å²) in [6, 6.07) is 6.13. The average Bonchev–Trinajstić information content (AvgIpc) is 3.03. The number of carbonyl (C=O) groups excluding carboxylic acids is 1. The lowest BCUT2D eigenvalue weighted by Crippen LogP contribution is -2.28. The number of ether oxygens (including phenoxy) is 1. The normalized spacial score (nSPS) is 15.9. The van der Waals surface area contributed by atoms with Gasteiger partial charge < -0.3 is 14.2 Å². The van der Waals surface area contributed by atoms with E-state index < -0.39 is 0 Å². The lowest BCUT2D eigenvalue weighted by Gasteiger charge is -2.19. The zero-order valence-electron chi connectivity index (χ0n) is 14.8. The number of benzene rings is 1. The number of aromatic nitrogens is 2. The van der Waals surface area contributed by atoms with Crippen LogP contribution in [-0.4, -0.2) is 34.0 Å². The van der Waals surface area contributed by atoms with E-state index in [4.69, 9.17) is 9.72 Å². The summed E-state index contributed by atoms with van der Waals surface area (Å²) < 4.78 is 7.88. The Labute approximate surface area is 148 Å². The van der Waals surface area contributed by atoms with Gasteiger partial charge in [0.1, 0.15) is 11.6 Å². The highest BCUT2D eigenvalue weighted by Gasteiger charge is 2.17. The van der Waals surface area contributed by atoms with Crippen molar-refractivity contribution in [1.29, 1.82) is 0 Å². The third-order valence-corrected chi connectivity index (χ3v) is 5.11. The molecule has 25 heavy (non-hydrogen) atoms. The number of nitrogens with zero attached hydrogens (tertiary/aromatic N) is 3. The molecule has 0 saturated heterocycles. The first-order valence-corrected chi connectivity index (χ1v) is 9.22. The van der Waals surface area contributed by atoms with Crippen LogP contribution >= 0.6 is 0 Å². The number of hydrogen-bond acceptors (Lipinski definition) is 3. The van der Waals surface area contributed by atoms with E-state index in [2.05, 4.69) is 16.8 Å². The first-order chi connectivity index (χ1) is 12.2. The molecule has 2 aliphatic heterocycles. The van der Waals surface area contributed by atoms with E-state index >= 15 is 0 Å². The van der Waals surface area contributed by atoms with Crippen LogP contribution in [0.1, 0.15) is 41.9 Å². The molecule has 132 valence electrons. The Balaban J connectivity index is 1.39. The quantitative estimate of drug-likeness (QED) is 0.860. The van der Waals surface area contributed by atoms with Crippen molar-refractivity contribution in [3.05, 3.63) is 47.0 Å². The molecule has 5 heteroatoms. The first kappa shape index (κ1) is 16.2. The molecule has 0 aliphatic carbocycles. The maximum atomic E-state index is 12.6. The van der Waals surface area contributed by atoms with Gasteiger partial charge in [0, 0.05) is 26.2 Å². The van der Waals surface area contributed by atoms with Crippen LogP contribution in [0.4, 0.5) is 0 Å². The summed E-state index contributed by atoms with van der Waals surface area (Å²) in [6.07, 6.45) is 8.11. The van der Waals surface area contributed by atoms with Crippen LogP contribution < -0.4 is 4.74 Å². The highest BCUT2D eigenvalue weighted by atomic mass is 16.5. The number of fused-ring (bicyclic) bond motifs is 2. The van der Waals surface area contributed by atoms with Crippen molar-refractivity contribution < 1.29 is 9.53 Å². The van der Waals surface area contributed by atoms with Crippen LogP contribution in [0, 0.1) is 0 Å². The van der Waals surface area contributed by atoms with Gasteiger partial charge in [-0.2, -0.15) is 0 Å². The third-order valence-electron chi connectivity index (χ3n) is 5.11. The second kappa shape index (κ2) is 6.90. The molecular weight excluding hydrogens is 314 g/mol. The Kier molecular flexibility index (Phi) is 4.47. The van der Waals surface area contributed by atoms with Crippen molar-refractivity contribution in [3.8, 4) is 5.75 Å². The van der Waals surface area contributed by atoms with Crippen molar-refractivity contribution in [2.75, 3.05) is 13.7 Å². The van der Waals surface area contributed by atoms with E-state index in [9.17, 15) is 4.79 Å². The highest BCUT2D eigenvalue weighted by molar-refractivity contribution is 5.78. The van der Waals surface area contributed by atoms with E-state index in [-0.39, 0.29) is 5.91 Å². The van der Waals surface area contributed by atoms with Gasteiger partial charge in [0.25, 0.3) is 0 Å². The number of likely N-dealkylation sites (N-methyl/N-ethyl adjacent to an activating group) is 1. The Morgan fingerprint density at radius 1 is 1.28 bits per heavy atom. The molecule has 0 bridgehead atoms. The van der Waals surface area contributed by atoms with E-state index in [0.29, 0.717) is 13.0 Å². The molecule has 1 aromatic carbocycles. The SMILES string of the molecule is CN(Cc1cn2c(n1)CCCC2)C(=O)Cc1ccc2c(c1)CCCO2. The third kappa shape index (κ3) is 3.55. The monoisotopic (exact) mass is 339 g/mol. The average molecular weight is 339 g/mol. The van der Waals surface area contributed by atoms with Crippen LogP contribution in [0.2, 0.25) is 0 Å². The van der Waals surface area contributed by atoms with Gasteiger partial charge in [0.2, 0.25) is 5.91 Å². The molecular formula is C20H25N3O2. The molecule has 2 aromatic rings. The van der Waals surface area contributed by atoms with Gasteiger partial charge in [-0.1, -0.05) is 12.1 Å². The number of rotatable bonds is 4. The molecule has 1 amide bonds. The van der Waals surface area contributed by atoms with Gasteiger partial charge in [0.15, 0.2) is 0 Å². The minimum absolute atomic E-state index is 0.127. The van der Waals surface area contributed by atoms with Crippen molar-refractivity contribution in [2.45, 2.75) is 51.6 Å². The second-order valence-corrected chi connectivity index (χ2v) is 7.12. The number of aryl methyl sites for hydroxylation is 3. The highest BCUT2D eigenvalue weighted by Crippen LogP contribution is 2.26. The molecule has 0 radical (unpaired) electrons. The number of imidazole rings is 1. The maximum absolute atomic E-state index is 12.6. The fraction of sp³-hybridized carbons (Fsp3) is 0.500. The summed E-state index contributed by atoms with van der Waals surface area (Å²) in [5.74, 6) is 2.26. The molecule has 0 unspecified atom stereocenters. The van der Waals surface area contributed by atoms with Crippen LogP contribution in [0.25, 0.3) is 0 Å². The summed E-state index contributed by atoms with van der Waals surface area (Å²) in [5, 5.41) is 0. The summed E-state index contributed by atoms with van der Waals surface area (Å²) in [6.45, 7) is 2.42. The minimum Gasteiger partial charge on any atom is -0.493 e. The topological polar surface area (TPSA) is 47.4 Å². The molecule has 3 heterocycles. The van der Waals surface area contributed by atoms with E-state index in [1.807, 2.05) is 19.2 Å². The molecule has 1 aromatic heterocycles. The summed E-state index contributed by atoms with van der Waals surface area (Å²) in [5.41, 5.74) is 3.28. The Morgan fingerprint density at radius 2 is 2.20 bits per heavy atom. The van der Waals surface area contributed by atoms with Crippen LogP contribution in [0.5, 0.6) is 5.75 Å². The lowest BCUT2D eigenvalue weighted by atomic mass is 10.0. The summed E-state index contributed by atoms with van der Waals surface area (Å²) >= 11 is 0. The van der Waals surface area contributed by atoms with Crippen LogP contribution in [0.3, 0.4) is 0 Å². The summed E-state index contributed by atoms with van der Waals surface area (Å²) in [4.78, 5) is 19.1. The maximum Gasteiger partial charge on any atom is 0.227 e.